The molecule has 13 nitrogen and oxygen atoms in total. The van der Waals surface area contributed by atoms with Gasteiger partial charge >= 0.3 is 12.0 Å². The number of aromatic carboxylic acids is 1. The Kier molecular flexibility index (Phi) is 8.61. The van der Waals surface area contributed by atoms with Gasteiger partial charge in [0, 0.05) is 12.1 Å². The van der Waals surface area contributed by atoms with Gasteiger partial charge in [-0.05, 0) is 40.8 Å². The summed E-state index contributed by atoms with van der Waals surface area (Å²) in [5, 5.41) is 20.2. The van der Waals surface area contributed by atoms with Gasteiger partial charge < -0.3 is 29.6 Å². The molecule has 14 heteroatoms. The van der Waals surface area contributed by atoms with Gasteiger partial charge in [-0.15, -0.1) is 16.4 Å². The number of carbonyl (C=O) groups is 2. The molecule has 41 heavy (non-hydrogen) atoms. The van der Waals surface area contributed by atoms with E-state index in [1.54, 1.807) is 35.7 Å². The van der Waals surface area contributed by atoms with Crippen molar-refractivity contribution in [2.75, 3.05) is 13.2 Å². The normalized spacial score (nSPS) is 10.9. The maximum absolute atomic E-state index is 12.8. The average Bonchev–Trinajstić information content (AvgIpc) is 3.65. The topological polar surface area (TPSA) is 181 Å². The highest BCUT2D eigenvalue weighted by Crippen LogP contribution is 2.22. The van der Waals surface area contributed by atoms with Gasteiger partial charge in [0.05, 0.1) is 24.2 Å². The Labute approximate surface area is 236 Å². The Morgan fingerprint density at radius 3 is 2.63 bits per heavy atom. The van der Waals surface area contributed by atoms with Crippen molar-refractivity contribution in [1.29, 1.82) is 0 Å². The van der Waals surface area contributed by atoms with E-state index in [1.165, 1.54) is 29.8 Å². The molecule has 5 aromatic rings. The molecule has 3 heterocycles. The van der Waals surface area contributed by atoms with E-state index in [0.29, 0.717) is 21.5 Å². The van der Waals surface area contributed by atoms with Crippen molar-refractivity contribution in [3.63, 3.8) is 0 Å². The number of H-pyrrole nitrogens is 2. The number of fused-ring (bicyclic) bond motifs is 1. The molecule has 0 saturated carbocycles. The van der Waals surface area contributed by atoms with E-state index < -0.39 is 17.4 Å². The Bertz CT molecular complexity index is 1700. The number of carbonyl (C=O) groups excluding carboxylic acids is 1. The second-order valence-electron chi connectivity index (χ2n) is 8.66. The SMILES string of the molecule is O=C(O)c1ccc(COCc2csc3nc(C(=O)NCc4cccc(OCCOc5nc[nH]n5)c4)[nH]c(=O)c23)cc1. The van der Waals surface area contributed by atoms with Crippen LogP contribution in [0.15, 0.2) is 65.0 Å². The number of aromatic nitrogens is 5. The summed E-state index contributed by atoms with van der Waals surface area (Å²) >= 11 is 1.24. The third-order valence-corrected chi connectivity index (χ3v) is 6.71. The fraction of sp³-hybridized carbons (Fsp3) is 0.185. The molecular formula is C27H24N6O7S. The van der Waals surface area contributed by atoms with Gasteiger partial charge in [-0.3, -0.25) is 14.7 Å². The Morgan fingerprint density at radius 2 is 1.85 bits per heavy atom. The third-order valence-electron chi connectivity index (χ3n) is 5.79. The van der Waals surface area contributed by atoms with Crippen LogP contribution in [0.3, 0.4) is 0 Å². The average molecular weight is 577 g/mol. The lowest BCUT2D eigenvalue weighted by atomic mass is 10.1. The van der Waals surface area contributed by atoms with Crippen LogP contribution >= 0.6 is 11.3 Å². The van der Waals surface area contributed by atoms with Crippen LogP contribution in [0.2, 0.25) is 0 Å². The number of amides is 1. The molecule has 0 aliphatic heterocycles. The van der Waals surface area contributed by atoms with Crippen LogP contribution in [0.25, 0.3) is 10.2 Å². The minimum atomic E-state index is -0.997. The van der Waals surface area contributed by atoms with Crippen molar-refractivity contribution in [2.24, 2.45) is 0 Å². The molecule has 0 spiro atoms. The molecule has 4 N–H and O–H groups in total. The highest BCUT2D eigenvalue weighted by atomic mass is 32.1. The molecule has 0 atom stereocenters. The second-order valence-corrected chi connectivity index (χ2v) is 9.52. The molecule has 0 aliphatic rings. The maximum Gasteiger partial charge on any atom is 0.335 e. The molecule has 0 unspecified atom stereocenters. The number of thiophene rings is 1. The predicted octanol–water partition coefficient (Wildman–Crippen LogP) is 2.91. The lowest BCUT2D eigenvalue weighted by molar-refractivity contribution is 0.0696. The number of nitrogens with zero attached hydrogens (tertiary/aromatic N) is 3. The number of ether oxygens (including phenoxy) is 3. The van der Waals surface area contributed by atoms with Gasteiger partial charge in [-0.2, -0.15) is 4.98 Å². The van der Waals surface area contributed by atoms with Gasteiger partial charge in [0.2, 0.25) is 5.82 Å². The first-order chi connectivity index (χ1) is 20.0. The first-order valence-electron chi connectivity index (χ1n) is 12.3. The number of benzene rings is 2. The van der Waals surface area contributed by atoms with E-state index in [9.17, 15) is 14.4 Å². The summed E-state index contributed by atoms with van der Waals surface area (Å²) < 4.78 is 16.7. The fourth-order valence-corrected chi connectivity index (χ4v) is 4.74. The third kappa shape index (κ3) is 7.12. The van der Waals surface area contributed by atoms with Crippen molar-refractivity contribution in [2.45, 2.75) is 19.8 Å². The lowest BCUT2D eigenvalue weighted by Gasteiger charge is -2.09. The summed E-state index contributed by atoms with van der Waals surface area (Å²) in [6, 6.07) is 13.8. The molecule has 0 aliphatic carbocycles. The van der Waals surface area contributed by atoms with Gasteiger partial charge in [0.25, 0.3) is 11.5 Å². The van der Waals surface area contributed by atoms with Crippen LogP contribution in [-0.4, -0.2) is 55.3 Å². The van der Waals surface area contributed by atoms with E-state index in [2.05, 4.69) is 30.5 Å². The second kappa shape index (κ2) is 12.8. The minimum absolute atomic E-state index is 0.0909. The zero-order valence-corrected chi connectivity index (χ0v) is 22.3. The molecule has 0 bridgehead atoms. The molecule has 0 fully saturated rings. The Morgan fingerprint density at radius 1 is 1.02 bits per heavy atom. The summed E-state index contributed by atoms with van der Waals surface area (Å²) in [5.41, 5.74) is 2.00. The smallest absolute Gasteiger partial charge is 0.335 e. The first-order valence-corrected chi connectivity index (χ1v) is 13.2. The van der Waals surface area contributed by atoms with E-state index in [-0.39, 0.29) is 50.4 Å². The lowest BCUT2D eigenvalue weighted by Crippen LogP contribution is -2.27. The molecular weight excluding hydrogens is 552 g/mol. The van der Waals surface area contributed by atoms with Crippen LogP contribution in [-0.2, 0) is 24.5 Å². The highest BCUT2D eigenvalue weighted by molar-refractivity contribution is 7.16. The Balaban J connectivity index is 1.14. The van der Waals surface area contributed by atoms with Crippen LogP contribution in [0.1, 0.15) is 37.7 Å². The number of hydrogen-bond donors (Lipinski definition) is 4. The molecule has 0 saturated heterocycles. The van der Waals surface area contributed by atoms with Crippen molar-refractivity contribution in [1.82, 2.24) is 30.5 Å². The van der Waals surface area contributed by atoms with E-state index >= 15 is 0 Å². The monoisotopic (exact) mass is 576 g/mol. The van der Waals surface area contributed by atoms with E-state index in [4.69, 9.17) is 19.3 Å². The number of hydrogen-bond acceptors (Lipinski definition) is 10. The van der Waals surface area contributed by atoms with Gasteiger partial charge in [0.15, 0.2) is 0 Å². The van der Waals surface area contributed by atoms with Crippen molar-refractivity contribution in [3.05, 3.63) is 98.7 Å². The van der Waals surface area contributed by atoms with Gasteiger partial charge in [0.1, 0.15) is 30.1 Å². The zero-order chi connectivity index (χ0) is 28.6. The van der Waals surface area contributed by atoms with Crippen LogP contribution in [0.4, 0.5) is 0 Å². The summed E-state index contributed by atoms with van der Waals surface area (Å²) in [4.78, 5) is 47.7. The number of aromatic amines is 2. The largest absolute Gasteiger partial charge is 0.490 e. The van der Waals surface area contributed by atoms with Crippen LogP contribution in [0, 0.1) is 0 Å². The van der Waals surface area contributed by atoms with E-state index in [1.807, 2.05) is 6.07 Å². The standard InChI is InChI=1S/C27H24N6O7S/c34-23-21-19(13-38-12-16-4-6-18(7-5-16)26(36)37)14-41-25(21)32-22(31-23)24(35)28-11-17-2-1-3-20(10-17)39-8-9-40-27-29-15-30-33-27/h1-7,10,14-15H,8-9,11-13H2,(H,28,35)(H,36,37)(H,29,30,33)(H,31,32,34). The molecule has 0 radical (unpaired) electrons. The molecule has 1 amide bonds. The van der Waals surface area contributed by atoms with Crippen molar-refractivity contribution < 1.29 is 28.9 Å². The molecule has 210 valence electrons. The summed E-state index contributed by atoms with van der Waals surface area (Å²) in [6.45, 7) is 1.14. The predicted molar refractivity (Wildman–Crippen MR) is 147 cm³/mol. The van der Waals surface area contributed by atoms with E-state index in [0.717, 1.165) is 11.1 Å². The summed E-state index contributed by atoms with van der Waals surface area (Å²) in [5.74, 6) is -1.00. The highest BCUT2D eigenvalue weighted by Gasteiger charge is 2.16. The van der Waals surface area contributed by atoms with Crippen LogP contribution < -0.4 is 20.3 Å². The van der Waals surface area contributed by atoms with Gasteiger partial charge in [-0.1, -0.05) is 24.3 Å². The molecule has 5 rings (SSSR count). The zero-order valence-electron chi connectivity index (χ0n) is 21.5. The number of carboxylic acids is 1. The quantitative estimate of drug-likeness (QED) is 0.152. The molecule has 3 aromatic heterocycles. The minimum Gasteiger partial charge on any atom is -0.490 e. The summed E-state index contributed by atoms with van der Waals surface area (Å²) in [7, 11) is 0. The molecule has 2 aromatic carbocycles. The first kappa shape index (κ1) is 27.5. The van der Waals surface area contributed by atoms with Crippen LogP contribution in [0.5, 0.6) is 11.8 Å². The van der Waals surface area contributed by atoms with Gasteiger partial charge in [-0.25, -0.2) is 9.78 Å². The fourth-order valence-electron chi connectivity index (χ4n) is 3.81. The number of carboxylic acid groups (broad SMARTS) is 1. The maximum atomic E-state index is 12.8. The number of nitrogens with one attached hydrogen (secondary N) is 3. The number of rotatable bonds is 13. The Hall–Kier alpha value is -5.08. The van der Waals surface area contributed by atoms with Crippen molar-refractivity contribution >= 4 is 33.4 Å². The summed E-state index contributed by atoms with van der Waals surface area (Å²) in [6.07, 6.45) is 1.42. The van der Waals surface area contributed by atoms with Crippen molar-refractivity contribution in [3.8, 4) is 11.8 Å².